The number of aromatic nitrogens is 2. The second-order valence-electron chi connectivity index (χ2n) is 2.26. The van der Waals surface area contributed by atoms with Crippen molar-refractivity contribution in [3.8, 4) is 12.3 Å². The molecule has 3 nitrogen and oxygen atoms in total. The Balaban J connectivity index is 2.36. The van der Waals surface area contributed by atoms with Crippen molar-refractivity contribution in [1.29, 1.82) is 0 Å². The van der Waals surface area contributed by atoms with Gasteiger partial charge in [-0.05, 0) is 18.0 Å². The molecule has 0 spiro atoms. The summed E-state index contributed by atoms with van der Waals surface area (Å²) in [5.74, 6) is 2.57. The normalized spacial score (nSPS) is 9.25. The van der Waals surface area contributed by atoms with E-state index in [0.29, 0.717) is 17.7 Å². The molecule has 12 heavy (non-hydrogen) atoms. The highest BCUT2D eigenvalue weighted by atomic mass is 32.1. The topological polar surface area (TPSA) is 42.9 Å². The molecule has 1 rings (SSSR count). The Morgan fingerprint density at radius 1 is 1.75 bits per heavy atom. The van der Waals surface area contributed by atoms with Crippen molar-refractivity contribution in [2.24, 2.45) is 0 Å². The van der Waals surface area contributed by atoms with Crippen LogP contribution in [0.1, 0.15) is 28.9 Å². The number of unbranched alkanes of at least 4 members (excludes halogenated alkanes) is 1. The number of carbonyl (C=O) groups is 1. The van der Waals surface area contributed by atoms with Crippen LogP contribution in [0.3, 0.4) is 0 Å². The monoisotopic (exact) mass is 180 g/mol. The Kier molecular flexibility index (Phi) is 3.42. The summed E-state index contributed by atoms with van der Waals surface area (Å²) >= 11 is 1.13. The fourth-order valence-electron chi connectivity index (χ4n) is 0.764. The van der Waals surface area contributed by atoms with Crippen LogP contribution in [0.4, 0.5) is 0 Å². The number of terminal acetylenes is 1. The third-order valence-corrected chi connectivity index (χ3v) is 2.07. The van der Waals surface area contributed by atoms with Gasteiger partial charge in [-0.1, -0.05) is 4.49 Å². The van der Waals surface area contributed by atoms with Crippen molar-refractivity contribution in [3.05, 3.63) is 11.1 Å². The first-order chi connectivity index (χ1) is 5.84. The molecule has 0 aliphatic rings. The molecule has 62 valence electrons. The van der Waals surface area contributed by atoms with Gasteiger partial charge in [0.2, 0.25) is 0 Å². The molecular weight excluding hydrogens is 172 g/mol. The lowest BCUT2D eigenvalue weighted by Crippen LogP contribution is -1.94. The predicted molar refractivity (Wildman–Crippen MR) is 46.9 cm³/mol. The van der Waals surface area contributed by atoms with Crippen LogP contribution in [0.5, 0.6) is 0 Å². The van der Waals surface area contributed by atoms with Crippen molar-refractivity contribution in [3.63, 3.8) is 0 Å². The molecule has 0 fully saturated rings. The van der Waals surface area contributed by atoms with E-state index in [9.17, 15) is 4.79 Å². The standard InChI is InChI=1S/C8H8N2OS/c1-2-3-4-5-7(11)8-6-9-10-12-8/h1,6H,3-5H2. The first kappa shape index (κ1) is 8.88. The maximum Gasteiger partial charge on any atom is 0.176 e. The zero-order chi connectivity index (χ0) is 8.81. The molecule has 1 aromatic rings. The van der Waals surface area contributed by atoms with Gasteiger partial charge in [-0.3, -0.25) is 4.79 Å². The summed E-state index contributed by atoms with van der Waals surface area (Å²) < 4.78 is 3.60. The van der Waals surface area contributed by atoms with Crippen LogP contribution < -0.4 is 0 Å². The van der Waals surface area contributed by atoms with Crippen LogP contribution >= 0.6 is 11.5 Å². The third-order valence-electron chi connectivity index (χ3n) is 1.36. The van der Waals surface area contributed by atoms with E-state index in [0.717, 1.165) is 18.0 Å². The molecule has 0 amide bonds. The molecule has 0 aromatic carbocycles. The molecule has 0 saturated heterocycles. The first-order valence-corrected chi connectivity index (χ1v) is 4.36. The van der Waals surface area contributed by atoms with Gasteiger partial charge in [-0.2, -0.15) is 0 Å². The molecule has 0 saturated carbocycles. The zero-order valence-corrected chi connectivity index (χ0v) is 7.30. The van der Waals surface area contributed by atoms with Gasteiger partial charge in [-0.15, -0.1) is 17.4 Å². The lowest BCUT2D eigenvalue weighted by atomic mass is 10.2. The molecular formula is C8H8N2OS. The van der Waals surface area contributed by atoms with Crippen LogP contribution in [-0.2, 0) is 0 Å². The van der Waals surface area contributed by atoms with Crippen LogP contribution in [0, 0.1) is 12.3 Å². The van der Waals surface area contributed by atoms with E-state index in [1.54, 1.807) is 0 Å². The summed E-state index contributed by atoms with van der Waals surface area (Å²) in [6.45, 7) is 0. The van der Waals surface area contributed by atoms with Crippen molar-refractivity contribution in [2.75, 3.05) is 0 Å². The summed E-state index contributed by atoms with van der Waals surface area (Å²) in [7, 11) is 0. The van der Waals surface area contributed by atoms with Gasteiger partial charge in [0.15, 0.2) is 5.78 Å². The van der Waals surface area contributed by atoms with E-state index >= 15 is 0 Å². The molecule has 0 aliphatic heterocycles. The first-order valence-electron chi connectivity index (χ1n) is 3.58. The number of hydrogen-bond acceptors (Lipinski definition) is 4. The Morgan fingerprint density at radius 2 is 2.58 bits per heavy atom. The fraction of sp³-hybridized carbons (Fsp3) is 0.375. The van der Waals surface area contributed by atoms with E-state index in [1.807, 2.05) is 0 Å². The highest BCUT2D eigenvalue weighted by Gasteiger charge is 2.06. The predicted octanol–water partition coefficient (Wildman–Crippen LogP) is 1.52. The maximum atomic E-state index is 11.2. The summed E-state index contributed by atoms with van der Waals surface area (Å²) in [6.07, 6.45) is 8.43. The molecule has 0 atom stereocenters. The molecule has 1 aromatic heterocycles. The Bertz CT molecular complexity index is 287. The fourth-order valence-corrected chi connectivity index (χ4v) is 1.24. The minimum atomic E-state index is 0.0836. The van der Waals surface area contributed by atoms with Crippen molar-refractivity contribution in [2.45, 2.75) is 19.3 Å². The number of carbonyl (C=O) groups excluding carboxylic acids is 1. The second-order valence-corrected chi connectivity index (χ2v) is 3.05. The highest BCUT2D eigenvalue weighted by Crippen LogP contribution is 2.08. The van der Waals surface area contributed by atoms with E-state index in [-0.39, 0.29) is 5.78 Å². The third kappa shape index (κ3) is 2.44. The van der Waals surface area contributed by atoms with Crippen LogP contribution in [0.2, 0.25) is 0 Å². The van der Waals surface area contributed by atoms with Gasteiger partial charge in [-0.25, -0.2) is 0 Å². The lowest BCUT2D eigenvalue weighted by molar-refractivity contribution is 0.0984. The molecule has 4 heteroatoms. The highest BCUT2D eigenvalue weighted by molar-refractivity contribution is 7.07. The van der Waals surface area contributed by atoms with E-state index in [4.69, 9.17) is 6.42 Å². The molecule has 0 unspecified atom stereocenters. The van der Waals surface area contributed by atoms with Gasteiger partial charge in [0.05, 0.1) is 6.20 Å². The number of hydrogen-bond donors (Lipinski definition) is 0. The largest absolute Gasteiger partial charge is 0.293 e. The van der Waals surface area contributed by atoms with Crippen LogP contribution in [-0.4, -0.2) is 15.4 Å². The molecule has 0 bridgehead atoms. The van der Waals surface area contributed by atoms with E-state index in [2.05, 4.69) is 15.5 Å². The number of Topliss-reactive ketones (excluding diaryl/α,β-unsaturated/α-hetero) is 1. The average Bonchev–Trinajstić information content (AvgIpc) is 2.56. The van der Waals surface area contributed by atoms with Gasteiger partial charge in [0.1, 0.15) is 4.88 Å². The minimum absolute atomic E-state index is 0.0836. The average molecular weight is 180 g/mol. The van der Waals surface area contributed by atoms with E-state index < -0.39 is 0 Å². The summed E-state index contributed by atoms with van der Waals surface area (Å²) in [5, 5.41) is 3.58. The van der Waals surface area contributed by atoms with Crippen LogP contribution in [0.25, 0.3) is 0 Å². The Labute approximate surface area is 75.0 Å². The van der Waals surface area contributed by atoms with E-state index in [1.165, 1.54) is 6.20 Å². The number of rotatable bonds is 4. The van der Waals surface area contributed by atoms with Crippen LogP contribution in [0.15, 0.2) is 6.20 Å². The molecule has 0 N–H and O–H groups in total. The minimum Gasteiger partial charge on any atom is -0.293 e. The Hall–Kier alpha value is -1.21. The van der Waals surface area contributed by atoms with Gasteiger partial charge >= 0.3 is 0 Å². The number of ketones is 1. The quantitative estimate of drug-likeness (QED) is 0.401. The second kappa shape index (κ2) is 4.62. The number of nitrogens with zero attached hydrogens (tertiary/aromatic N) is 2. The lowest BCUT2D eigenvalue weighted by Gasteiger charge is -1.91. The summed E-state index contributed by atoms with van der Waals surface area (Å²) in [5.41, 5.74) is 0. The van der Waals surface area contributed by atoms with Gasteiger partial charge in [0, 0.05) is 12.8 Å². The molecule has 0 radical (unpaired) electrons. The van der Waals surface area contributed by atoms with Crippen molar-refractivity contribution in [1.82, 2.24) is 9.59 Å². The van der Waals surface area contributed by atoms with Gasteiger partial charge in [0.25, 0.3) is 0 Å². The molecule has 1 heterocycles. The molecule has 0 aliphatic carbocycles. The Morgan fingerprint density at radius 3 is 3.17 bits per heavy atom. The van der Waals surface area contributed by atoms with Crippen molar-refractivity contribution < 1.29 is 4.79 Å². The smallest absolute Gasteiger partial charge is 0.176 e. The van der Waals surface area contributed by atoms with Gasteiger partial charge < -0.3 is 0 Å². The summed E-state index contributed by atoms with van der Waals surface area (Å²) in [6, 6.07) is 0. The van der Waals surface area contributed by atoms with Crippen molar-refractivity contribution >= 4 is 17.3 Å². The summed E-state index contributed by atoms with van der Waals surface area (Å²) in [4.78, 5) is 11.9. The zero-order valence-electron chi connectivity index (χ0n) is 6.49. The maximum absolute atomic E-state index is 11.2. The SMILES string of the molecule is C#CCCCC(=O)c1cnns1.